The normalized spacial score (nSPS) is 14.0. The lowest BCUT2D eigenvalue weighted by Crippen LogP contribution is -2.14. The number of carbonyl (C=O) groups excluding carboxylic acids is 1. The molecule has 6 heteroatoms. The quantitative estimate of drug-likeness (QED) is 0.389. The van der Waals surface area contributed by atoms with E-state index < -0.39 is 0 Å². The predicted octanol–water partition coefficient (Wildman–Crippen LogP) is 6.42. The zero-order valence-corrected chi connectivity index (χ0v) is 19.3. The molecule has 1 aliphatic carbocycles. The van der Waals surface area contributed by atoms with Crippen LogP contribution in [0.1, 0.15) is 38.2 Å². The van der Waals surface area contributed by atoms with Crippen molar-refractivity contribution < 1.29 is 19.0 Å². The summed E-state index contributed by atoms with van der Waals surface area (Å²) in [4.78, 5) is 13.7. The van der Waals surface area contributed by atoms with E-state index in [0.29, 0.717) is 18.3 Å². The fourth-order valence-corrected chi connectivity index (χ4v) is 5.02. The third kappa shape index (κ3) is 6.96. The summed E-state index contributed by atoms with van der Waals surface area (Å²) in [5.74, 6) is 1.93. The lowest BCUT2D eigenvalue weighted by Gasteiger charge is -2.13. The van der Waals surface area contributed by atoms with Crippen LogP contribution in [-0.4, -0.2) is 25.8 Å². The molecule has 2 aromatic rings. The number of hydrogen-bond acceptors (Lipinski definition) is 5. The molecule has 0 saturated heterocycles. The summed E-state index contributed by atoms with van der Waals surface area (Å²) in [5, 5.41) is 0. The number of halogens is 1. The predicted molar refractivity (Wildman–Crippen MR) is 119 cm³/mol. The van der Waals surface area contributed by atoms with Gasteiger partial charge in [-0.3, -0.25) is 0 Å². The number of ether oxygens (including phenoxy) is 3. The van der Waals surface area contributed by atoms with Crippen molar-refractivity contribution in [1.82, 2.24) is 0 Å². The topological polar surface area (TPSA) is 44.8 Å². The van der Waals surface area contributed by atoms with Crippen LogP contribution in [0.5, 0.6) is 11.5 Å². The Morgan fingerprint density at radius 1 is 1.10 bits per heavy atom. The molecule has 2 aromatic carbocycles. The third-order valence-corrected chi connectivity index (χ3v) is 6.26. The molecule has 0 unspecified atom stereocenters. The summed E-state index contributed by atoms with van der Waals surface area (Å²) >= 11 is 5.27. The lowest BCUT2D eigenvalue weighted by molar-refractivity contribution is -0.145. The maximum Gasteiger partial charge on any atom is 0.344 e. The fourth-order valence-electron chi connectivity index (χ4n) is 3.39. The highest BCUT2D eigenvalue weighted by molar-refractivity contribution is 9.10. The van der Waals surface area contributed by atoms with Gasteiger partial charge in [0, 0.05) is 14.3 Å². The standard InChI is InChI=1S/C23H27BrO4S/c1-3-26-23(25)15-28-22-9-8-20(10-16(22)2)29-21-12-18(24)11-19(13-21)27-14-17-6-4-5-7-17/h8-13,17H,3-7,14-15H2,1-2H3. The van der Waals surface area contributed by atoms with Gasteiger partial charge in [-0.2, -0.15) is 0 Å². The minimum absolute atomic E-state index is 0.0749. The fraction of sp³-hybridized carbons (Fsp3) is 0.435. The Kier molecular flexibility index (Phi) is 8.30. The molecule has 0 bridgehead atoms. The minimum Gasteiger partial charge on any atom is -0.493 e. The lowest BCUT2D eigenvalue weighted by atomic mass is 10.1. The highest BCUT2D eigenvalue weighted by Gasteiger charge is 2.16. The number of carbonyl (C=O) groups is 1. The van der Waals surface area contributed by atoms with Crippen LogP contribution in [0.25, 0.3) is 0 Å². The van der Waals surface area contributed by atoms with Gasteiger partial charge in [0.15, 0.2) is 6.61 Å². The van der Waals surface area contributed by atoms with Crippen LogP contribution in [0.15, 0.2) is 50.7 Å². The Balaban J connectivity index is 1.61. The van der Waals surface area contributed by atoms with Gasteiger partial charge in [-0.25, -0.2) is 4.79 Å². The van der Waals surface area contributed by atoms with Crippen molar-refractivity contribution in [3.63, 3.8) is 0 Å². The van der Waals surface area contributed by atoms with Crippen molar-refractivity contribution in [3.05, 3.63) is 46.4 Å². The van der Waals surface area contributed by atoms with E-state index in [2.05, 4.69) is 34.1 Å². The molecule has 4 nitrogen and oxygen atoms in total. The van der Waals surface area contributed by atoms with E-state index in [9.17, 15) is 4.79 Å². The first kappa shape index (κ1) is 22.0. The first-order chi connectivity index (χ1) is 14.0. The Hall–Kier alpha value is -1.66. The van der Waals surface area contributed by atoms with Gasteiger partial charge in [-0.15, -0.1) is 0 Å². The monoisotopic (exact) mass is 478 g/mol. The molecule has 0 aliphatic heterocycles. The van der Waals surface area contributed by atoms with Gasteiger partial charge in [-0.05, 0) is 74.6 Å². The SMILES string of the molecule is CCOC(=O)COc1ccc(Sc2cc(Br)cc(OCC3CCCC3)c2)cc1C. The Labute approximate surface area is 185 Å². The van der Waals surface area contributed by atoms with E-state index in [1.54, 1.807) is 18.7 Å². The highest BCUT2D eigenvalue weighted by atomic mass is 79.9. The first-order valence-corrected chi connectivity index (χ1v) is 11.6. The Morgan fingerprint density at radius 3 is 2.62 bits per heavy atom. The zero-order valence-electron chi connectivity index (χ0n) is 16.9. The largest absolute Gasteiger partial charge is 0.493 e. The van der Waals surface area contributed by atoms with Crippen molar-refractivity contribution in [2.45, 2.75) is 49.3 Å². The summed E-state index contributed by atoms with van der Waals surface area (Å²) in [6.07, 6.45) is 5.21. The second-order valence-electron chi connectivity index (χ2n) is 7.21. The van der Waals surface area contributed by atoms with E-state index in [-0.39, 0.29) is 12.6 Å². The molecule has 0 spiro atoms. The summed E-state index contributed by atoms with van der Waals surface area (Å²) in [5.41, 5.74) is 0.979. The van der Waals surface area contributed by atoms with Crippen molar-refractivity contribution in [2.75, 3.05) is 19.8 Å². The number of rotatable bonds is 9. The van der Waals surface area contributed by atoms with Crippen LogP contribution in [0.3, 0.4) is 0 Å². The molecular formula is C23H27BrO4S. The molecule has 156 valence electrons. The van der Waals surface area contributed by atoms with Gasteiger partial charge < -0.3 is 14.2 Å². The maximum atomic E-state index is 11.5. The molecule has 1 saturated carbocycles. The van der Waals surface area contributed by atoms with Crippen molar-refractivity contribution in [3.8, 4) is 11.5 Å². The molecule has 0 amide bonds. The van der Waals surface area contributed by atoms with E-state index in [0.717, 1.165) is 32.2 Å². The first-order valence-electron chi connectivity index (χ1n) is 10.0. The van der Waals surface area contributed by atoms with Gasteiger partial charge in [0.25, 0.3) is 0 Å². The molecule has 0 radical (unpaired) electrons. The van der Waals surface area contributed by atoms with Gasteiger partial charge >= 0.3 is 5.97 Å². The van der Waals surface area contributed by atoms with Crippen LogP contribution in [-0.2, 0) is 9.53 Å². The molecule has 0 atom stereocenters. The van der Waals surface area contributed by atoms with Crippen LogP contribution in [0.4, 0.5) is 0 Å². The smallest absolute Gasteiger partial charge is 0.344 e. The van der Waals surface area contributed by atoms with Crippen LogP contribution in [0, 0.1) is 12.8 Å². The number of benzene rings is 2. The van der Waals surface area contributed by atoms with E-state index in [4.69, 9.17) is 14.2 Å². The summed E-state index contributed by atoms with van der Waals surface area (Å²) in [6.45, 7) is 4.83. The number of esters is 1. The van der Waals surface area contributed by atoms with Crippen LogP contribution < -0.4 is 9.47 Å². The number of aryl methyl sites for hydroxylation is 1. The number of hydrogen-bond donors (Lipinski definition) is 0. The van der Waals surface area contributed by atoms with Crippen molar-refractivity contribution in [2.24, 2.45) is 5.92 Å². The van der Waals surface area contributed by atoms with Crippen molar-refractivity contribution in [1.29, 1.82) is 0 Å². The maximum absolute atomic E-state index is 11.5. The average Bonchev–Trinajstić information content (AvgIpc) is 3.19. The van der Waals surface area contributed by atoms with Crippen LogP contribution >= 0.6 is 27.7 Å². The van der Waals surface area contributed by atoms with Gasteiger partial charge in [0.1, 0.15) is 11.5 Å². The van der Waals surface area contributed by atoms with E-state index >= 15 is 0 Å². The summed E-state index contributed by atoms with van der Waals surface area (Å²) < 4.78 is 17.5. The minimum atomic E-state index is -0.357. The summed E-state index contributed by atoms with van der Waals surface area (Å²) in [6, 6.07) is 12.2. The molecular weight excluding hydrogens is 452 g/mol. The van der Waals surface area contributed by atoms with Gasteiger partial charge in [-0.1, -0.05) is 40.5 Å². The molecule has 1 fully saturated rings. The molecule has 0 aromatic heterocycles. The van der Waals surface area contributed by atoms with Gasteiger partial charge in [0.2, 0.25) is 0 Å². The second kappa shape index (κ2) is 10.9. The van der Waals surface area contributed by atoms with E-state index in [1.807, 2.05) is 25.1 Å². The third-order valence-electron chi connectivity index (χ3n) is 4.84. The summed E-state index contributed by atoms with van der Waals surface area (Å²) in [7, 11) is 0. The highest BCUT2D eigenvalue weighted by Crippen LogP contribution is 2.35. The molecule has 29 heavy (non-hydrogen) atoms. The van der Waals surface area contributed by atoms with Crippen LogP contribution in [0.2, 0.25) is 0 Å². The Bertz CT molecular complexity index is 834. The zero-order chi connectivity index (χ0) is 20.6. The van der Waals surface area contributed by atoms with Crippen molar-refractivity contribution >= 4 is 33.7 Å². The average molecular weight is 479 g/mol. The molecule has 0 N–H and O–H groups in total. The molecule has 1 aliphatic rings. The molecule has 0 heterocycles. The molecule has 3 rings (SSSR count). The van der Waals surface area contributed by atoms with E-state index in [1.165, 1.54) is 25.7 Å². The van der Waals surface area contributed by atoms with Gasteiger partial charge in [0.05, 0.1) is 13.2 Å². The second-order valence-corrected chi connectivity index (χ2v) is 9.27. The Morgan fingerprint density at radius 2 is 1.90 bits per heavy atom.